The molecule has 0 radical (unpaired) electrons. The van der Waals surface area contributed by atoms with Crippen molar-refractivity contribution in [2.24, 2.45) is 0 Å². The number of H-pyrrole nitrogens is 1. The van der Waals surface area contributed by atoms with Crippen molar-refractivity contribution in [3.05, 3.63) is 83.9 Å². The van der Waals surface area contributed by atoms with Crippen molar-refractivity contribution in [2.45, 2.75) is 13.5 Å². The number of benzene rings is 3. The molecule has 0 unspecified atom stereocenters. The maximum Gasteiger partial charge on any atom is 0.0754 e. The lowest BCUT2D eigenvalue weighted by Crippen LogP contribution is -1.99. The summed E-state index contributed by atoms with van der Waals surface area (Å²) in [6.07, 6.45) is 0. The highest BCUT2D eigenvalue weighted by Gasteiger charge is 2.15. The van der Waals surface area contributed by atoms with Crippen LogP contribution in [0, 0.1) is 6.92 Å². The van der Waals surface area contributed by atoms with Gasteiger partial charge in [0.25, 0.3) is 0 Å². The van der Waals surface area contributed by atoms with Crippen LogP contribution in [0.5, 0.6) is 0 Å². The molecule has 0 aliphatic rings. The Morgan fingerprint density at radius 2 is 1.50 bits per heavy atom. The van der Waals surface area contributed by atoms with Gasteiger partial charge in [-0.3, -0.25) is 0 Å². The van der Waals surface area contributed by atoms with Crippen molar-refractivity contribution in [1.29, 1.82) is 0 Å². The minimum atomic E-state index is 0.881. The Bertz CT molecular complexity index is 1170. The van der Waals surface area contributed by atoms with Crippen LogP contribution in [0.25, 0.3) is 32.8 Å². The first-order chi connectivity index (χ1) is 11.8. The zero-order valence-corrected chi connectivity index (χ0v) is 13.6. The number of hydrogen-bond donors (Lipinski definition) is 1. The van der Waals surface area contributed by atoms with Crippen LogP contribution in [0.2, 0.25) is 0 Å². The van der Waals surface area contributed by atoms with Gasteiger partial charge < -0.3 is 9.55 Å². The molecule has 0 aliphatic heterocycles. The third kappa shape index (κ3) is 1.89. The van der Waals surface area contributed by atoms with Crippen LogP contribution in [-0.4, -0.2) is 9.55 Å². The Labute approximate surface area is 140 Å². The molecule has 2 nitrogen and oxygen atoms in total. The molecule has 0 bridgehead atoms. The summed E-state index contributed by atoms with van der Waals surface area (Å²) in [6.45, 7) is 3.01. The van der Waals surface area contributed by atoms with Crippen molar-refractivity contribution in [1.82, 2.24) is 9.55 Å². The van der Waals surface area contributed by atoms with Gasteiger partial charge >= 0.3 is 0 Å². The SMILES string of the molecule is Cc1ccc(Cn2c3ccccc3c3[nH]c4ccccc4c32)cc1. The second kappa shape index (κ2) is 5.00. The van der Waals surface area contributed by atoms with E-state index in [2.05, 4.69) is 89.3 Å². The largest absolute Gasteiger partial charge is 0.353 e. The first kappa shape index (κ1) is 13.4. The highest BCUT2D eigenvalue weighted by atomic mass is 15.0. The van der Waals surface area contributed by atoms with Crippen LogP contribution in [0.1, 0.15) is 11.1 Å². The van der Waals surface area contributed by atoms with E-state index >= 15 is 0 Å². The van der Waals surface area contributed by atoms with Gasteiger partial charge in [0.2, 0.25) is 0 Å². The predicted octanol–water partition coefficient (Wildman–Crippen LogP) is 5.63. The highest BCUT2D eigenvalue weighted by molar-refractivity contribution is 6.17. The number of nitrogens with zero attached hydrogens (tertiary/aromatic N) is 1. The average molecular weight is 310 g/mol. The molecule has 0 saturated heterocycles. The van der Waals surface area contributed by atoms with Gasteiger partial charge in [-0.1, -0.05) is 66.2 Å². The minimum Gasteiger partial charge on any atom is -0.353 e. The van der Waals surface area contributed by atoms with E-state index in [9.17, 15) is 0 Å². The van der Waals surface area contributed by atoms with Crippen LogP contribution in [0.15, 0.2) is 72.8 Å². The van der Waals surface area contributed by atoms with Crippen LogP contribution >= 0.6 is 0 Å². The monoisotopic (exact) mass is 310 g/mol. The maximum absolute atomic E-state index is 3.62. The summed E-state index contributed by atoms with van der Waals surface area (Å²) in [4.78, 5) is 3.62. The fraction of sp³-hybridized carbons (Fsp3) is 0.0909. The minimum absolute atomic E-state index is 0.881. The van der Waals surface area contributed by atoms with Crippen LogP contribution < -0.4 is 0 Å². The topological polar surface area (TPSA) is 20.7 Å². The van der Waals surface area contributed by atoms with Crippen LogP contribution in [-0.2, 0) is 6.54 Å². The fourth-order valence-electron chi connectivity index (χ4n) is 3.68. The number of para-hydroxylation sites is 2. The zero-order chi connectivity index (χ0) is 16.1. The third-order valence-electron chi connectivity index (χ3n) is 4.87. The molecule has 0 aliphatic carbocycles. The molecule has 0 saturated carbocycles. The van der Waals surface area contributed by atoms with E-state index in [4.69, 9.17) is 0 Å². The molecule has 0 atom stereocenters. The number of nitrogens with one attached hydrogen (secondary N) is 1. The van der Waals surface area contributed by atoms with Crippen molar-refractivity contribution < 1.29 is 0 Å². The molecular formula is C22H18N2. The Hall–Kier alpha value is -3.00. The first-order valence-corrected chi connectivity index (χ1v) is 8.34. The van der Waals surface area contributed by atoms with Gasteiger partial charge in [-0.2, -0.15) is 0 Å². The first-order valence-electron chi connectivity index (χ1n) is 8.34. The number of aryl methyl sites for hydroxylation is 1. The Balaban J connectivity index is 1.85. The average Bonchev–Trinajstić information content (AvgIpc) is 3.13. The summed E-state index contributed by atoms with van der Waals surface area (Å²) in [5.41, 5.74) is 7.64. The summed E-state index contributed by atoms with van der Waals surface area (Å²) in [5, 5.41) is 2.58. The molecule has 0 fully saturated rings. The van der Waals surface area contributed by atoms with Crippen LogP contribution in [0.3, 0.4) is 0 Å². The Kier molecular flexibility index (Phi) is 2.80. The quantitative estimate of drug-likeness (QED) is 0.436. The molecule has 24 heavy (non-hydrogen) atoms. The molecular weight excluding hydrogens is 292 g/mol. The number of fused-ring (bicyclic) bond motifs is 5. The summed E-state index contributed by atoms with van der Waals surface area (Å²) in [7, 11) is 0. The molecule has 116 valence electrons. The van der Waals surface area contributed by atoms with Crippen molar-refractivity contribution >= 4 is 32.8 Å². The van der Waals surface area contributed by atoms with Gasteiger partial charge in [-0.05, 0) is 24.6 Å². The molecule has 5 aromatic rings. The molecule has 5 rings (SSSR count). The third-order valence-corrected chi connectivity index (χ3v) is 4.87. The lowest BCUT2D eigenvalue weighted by molar-refractivity contribution is 0.871. The summed E-state index contributed by atoms with van der Waals surface area (Å²) >= 11 is 0. The summed E-state index contributed by atoms with van der Waals surface area (Å²) in [5.74, 6) is 0. The molecule has 0 spiro atoms. The molecule has 1 N–H and O–H groups in total. The molecule has 2 aromatic heterocycles. The van der Waals surface area contributed by atoms with E-state index < -0.39 is 0 Å². The van der Waals surface area contributed by atoms with Crippen molar-refractivity contribution in [3.63, 3.8) is 0 Å². The van der Waals surface area contributed by atoms with Gasteiger partial charge in [0.05, 0.1) is 16.6 Å². The molecule has 2 heterocycles. The van der Waals surface area contributed by atoms with Crippen LogP contribution in [0.4, 0.5) is 0 Å². The standard InChI is InChI=1S/C22H18N2/c1-15-10-12-16(13-11-15)14-24-20-9-5-3-7-18(20)21-22(24)17-6-2-4-8-19(17)23-21/h2-13,23H,14H2,1H3. The fourth-order valence-corrected chi connectivity index (χ4v) is 3.68. The van der Waals surface area contributed by atoms with Gasteiger partial charge in [0.1, 0.15) is 0 Å². The number of aromatic amines is 1. The summed E-state index contributed by atoms with van der Waals surface area (Å²) < 4.78 is 2.44. The van der Waals surface area contributed by atoms with E-state index in [1.54, 1.807) is 0 Å². The molecule has 0 amide bonds. The van der Waals surface area contributed by atoms with Crippen molar-refractivity contribution in [3.8, 4) is 0 Å². The normalized spacial score (nSPS) is 11.7. The number of rotatable bonds is 2. The van der Waals surface area contributed by atoms with E-state index in [0.717, 1.165) is 6.54 Å². The van der Waals surface area contributed by atoms with Crippen molar-refractivity contribution in [2.75, 3.05) is 0 Å². The smallest absolute Gasteiger partial charge is 0.0754 e. The predicted molar refractivity (Wildman–Crippen MR) is 102 cm³/mol. The maximum atomic E-state index is 3.62. The lowest BCUT2D eigenvalue weighted by atomic mass is 10.1. The zero-order valence-electron chi connectivity index (χ0n) is 13.6. The van der Waals surface area contributed by atoms with Gasteiger partial charge in [-0.15, -0.1) is 0 Å². The molecule has 2 heteroatoms. The Morgan fingerprint density at radius 1 is 0.792 bits per heavy atom. The Morgan fingerprint density at radius 3 is 2.33 bits per heavy atom. The highest BCUT2D eigenvalue weighted by Crippen LogP contribution is 2.34. The lowest BCUT2D eigenvalue weighted by Gasteiger charge is -2.08. The summed E-state index contributed by atoms with van der Waals surface area (Å²) in [6, 6.07) is 26.0. The second-order valence-corrected chi connectivity index (χ2v) is 6.48. The van der Waals surface area contributed by atoms with Gasteiger partial charge in [0.15, 0.2) is 0 Å². The van der Waals surface area contributed by atoms with Gasteiger partial charge in [-0.25, -0.2) is 0 Å². The van der Waals surface area contributed by atoms with E-state index in [-0.39, 0.29) is 0 Å². The number of hydrogen-bond acceptors (Lipinski definition) is 0. The van der Waals surface area contributed by atoms with E-state index in [0.29, 0.717) is 0 Å². The van der Waals surface area contributed by atoms with E-state index in [1.165, 1.54) is 44.0 Å². The van der Waals surface area contributed by atoms with E-state index in [1.807, 2.05) is 0 Å². The number of aromatic nitrogens is 2. The van der Waals surface area contributed by atoms with Gasteiger partial charge in [0, 0.05) is 22.8 Å². The second-order valence-electron chi connectivity index (χ2n) is 6.48. The molecule has 3 aromatic carbocycles.